The highest BCUT2D eigenvalue weighted by molar-refractivity contribution is 14.0. The van der Waals surface area contributed by atoms with Crippen molar-refractivity contribution >= 4 is 35.8 Å². The van der Waals surface area contributed by atoms with Crippen molar-refractivity contribution in [1.29, 1.82) is 0 Å². The van der Waals surface area contributed by atoms with Gasteiger partial charge in [0.15, 0.2) is 5.96 Å². The van der Waals surface area contributed by atoms with Crippen molar-refractivity contribution in [3.63, 3.8) is 0 Å². The predicted molar refractivity (Wildman–Crippen MR) is 121 cm³/mol. The number of amides is 1. The Morgan fingerprint density at radius 1 is 1.29 bits per heavy atom. The van der Waals surface area contributed by atoms with Gasteiger partial charge in [-0.2, -0.15) is 0 Å². The molecule has 2 aromatic rings. The van der Waals surface area contributed by atoms with E-state index in [0.29, 0.717) is 13.0 Å². The molecule has 150 valence electrons. The number of aliphatic imine (C=N–C) groups is 1. The van der Waals surface area contributed by atoms with Gasteiger partial charge >= 0.3 is 0 Å². The Morgan fingerprint density at radius 2 is 2.11 bits per heavy atom. The number of benzene rings is 1. The molecule has 1 aromatic heterocycles. The van der Waals surface area contributed by atoms with E-state index in [1.54, 1.807) is 7.05 Å². The predicted octanol–water partition coefficient (Wildman–Crippen LogP) is 3.24. The molecule has 0 radical (unpaired) electrons. The number of hydrogen-bond donors (Lipinski definition) is 2. The summed E-state index contributed by atoms with van der Waals surface area (Å²) in [4.78, 5) is 18.4. The van der Waals surface area contributed by atoms with Crippen LogP contribution in [-0.2, 0) is 11.3 Å². The van der Waals surface area contributed by atoms with Crippen LogP contribution >= 0.6 is 24.0 Å². The summed E-state index contributed by atoms with van der Waals surface area (Å²) in [5.74, 6) is 2.78. The number of carbonyl (C=O) groups excluding carboxylic acids is 1. The van der Waals surface area contributed by atoms with Crippen LogP contribution in [0.4, 0.5) is 0 Å². The molecule has 0 bridgehead atoms. The van der Waals surface area contributed by atoms with Crippen molar-refractivity contribution in [2.45, 2.75) is 25.8 Å². The van der Waals surface area contributed by atoms with E-state index in [1.807, 2.05) is 42.5 Å². The number of hydrogen-bond acceptors (Lipinski definition) is 3. The monoisotopic (exact) mass is 494 g/mol. The molecular formula is C21H27IN4O2. The fraction of sp³-hybridized carbons (Fsp3) is 0.429. The lowest BCUT2D eigenvalue weighted by molar-refractivity contribution is -0.119. The SMILES string of the molecule is CN=C(NCc1ccc(-c2ccccc2)o1)N1CCCC2(CNC(=O)C2)C1.I. The van der Waals surface area contributed by atoms with Gasteiger partial charge in [0.05, 0.1) is 6.54 Å². The fourth-order valence-corrected chi connectivity index (χ4v) is 4.16. The summed E-state index contributed by atoms with van der Waals surface area (Å²) in [7, 11) is 1.80. The average molecular weight is 494 g/mol. The maximum atomic E-state index is 11.7. The minimum absolute atomic E-state index is 0. The van der Waals surface area contributed by atoms with Crippen LogP contribution in [0.15, 0.2) is 51.9 Å². The summed E-state index contributed by atoms with van der Waals surface area (Å²) in [5.41, 5.74) is 1.13. The normalized spacial score (nSPS) is 22.1. The van der Waals surface area contributed by atoms with Crippen molar-refractivity contribution < 1.29 is 9.21 Å². The van der Waals surface area contributed by atoms with Crippen molar-refractivity contribution in [1.82, 2.24) is 15.5 Å². The lowest BCUT2D eigenvalue weighted by atomic mass is 9.79. The van der Waals surface area contributed by atoms with Gasteiger partial charge < -0.3 is 20.0 Å². The van der Waals surface area contributed by atoms with E-state index in [4.69, 9.17) is 4.42 Å². The van der Waals surface area contributed by atoms with Crippen LogP contribution in [0.5, 0.6) is 0 Å². The van der Waals surface area contributed by atoms with E-state index in [-0.39, 0.29) is 35.3 Å². The van der Waals surface area contributed by atoms with Crippen LogP contribution in [0.1, 0.15) is 25.0 Å². The first-order chi connectivity index (χ1) is 13.2. The van der Waals surface area contributed by atoms with E-state index in [0.717, 1.165) is 55.5 Å². The van der Waals surface area contributed by atoms with Gasteiger partial charge in [0.25, 0.3) is 0 Å². The molecule has 2 aliphatic rings. The number of rotatable bonds is 3. The summed E-state index contributed by atoms with van der Waals surface area (Å²) in [6, 6.07) is 14.1. The van der Waals surface area contributed by atoms with Crippen molar-refractivity contribution in [3.05, 3.63) is 48.2 Å². The second-order valence-electron chi connectivity index (χ2n) is 7.51. The fourth-order valence-electron chi connectivity index (χ4n) is 4.16. The first-order valence-electron chi connectivity index (χ1n) is 9.54. The van der Waals surface area contributed by atoms with Gasteiger partial charge in [-0.1, -0.05) is 30.3 Å². The zero-order valence-electron chi connectivity index (χ0n) is 16.1. The van der Waals surface area contributed by atoms with Crippen LogP contribution in [0.2, 0.25) is 0 Å². The van der Waals surface area contributed by atoms with Gasteiger partial charge in [-0.05, 0) is 25.0 Å². The van der Waals surface area contributed by atoms with Crippen LogP contribution in [0, 0.1) is 5.41 Å². The van der Waals surface area contributed by atoms with Crippen LogP contribution in [0.25, 0.3) is 11.3 Å². The van der Waals surface area contributed by atoms with E-state index in [9.17, 15) is 4.79 Å². The molecule has 28 heavy (non-hydrogen) atoms. The van der Waals surface area contributed by atoms with E-state index in [1.165, 1.54) is 0 Å². The number of likely N-dealkylation sites (tertiary alicyclic amines) is 1. The molecule has 6 nitrogen and oxygen atoms in total. The molecule has 0 aliphatic carbocycles. The van der Waals surface area contributed by atoms with Crippen molar-refractivity contribution in [2.24, 2.45) is 10.4 Å². The van der Waals surface area contributed by atoms with Gasteiger partial charge in [0.1, 0.15) is 11.5 Å². The topological polar surface area (TPSA) is 69.9 Å². The molecule has 4 rings (SSSR count). The number of nitrogens with zero attached hydrogens (tertiary/aromatic N) is 2. The zero-order chi connectivity index (χ0) is 18.7. The highest BCUT2D eigenvalue weighted by Gasteiger charge is 2.42. The van der Waals surface area contributed by atoms with E-state index < -0.39 is 0 Å². The van der Waals surface area contributed by atoms with Gasteiger partial charge in [-0.3, -0.25) is 9.79 Å². The molecule has 1 atom stereocenters. The highest BCUT2D eigenvalue weighted by Crippen LogP contribution is 2.36. The molecule has 1 aromatic carbocycles. The maximum Gasteiger partial charge on any atom is 0.220 e. The van der Waals surface area contributed by atoms with Crippen molar-refractivity contribution in [2.75, 3.05) is 26.7 Å². The first-order valence-corrected chi connectivity index (χ1v) is 9.54. The Labute approximate surface area is 182 Å². The second kappa shape index (κ2) is 8.98. The van der Waals surface area contributed by atoms with E-state index in [2.05, 4.69) is 20.5 Å². The molecule has 1 spiro atoms. The third-order valence-corrected chi connectivity index (χ3v) is 5.51. The van der Waals surface area contributed by atoms with Gasteiger partial charge in [0.2, 0.25) is 5.91 Å². The number of nitrogens with one attached hydrogen (secondary N) is 2. The van der Waals surface area contributed by atoms with Crippen LogP contribution in [0.3, 0.4) is 0 Å². The summed E-state index contributed by atoms with van der Waals surface area (Å²) >= 11 is 0. The summed E-state index contributed by atoms with van der Waals surface area (Å²) < 4.78 is 5.97. The largest absolute Gasteiger partial charge is 0.459 e. The molecule has 2 aliphatic heterocycles. The molecule has 2 N–H and O–H groups in total. The number of furan rings is 1. The summed E-state index contributed by atoms with van der Waals surface area (Å²) in [6.45, 7) is 3.18. The van der Waals surface area contributed by atoms with Gasteiger partial charge in [-0.25, -0.2) is 0 Å². The number of piperidine rings is 1. The molecule has 3 heterocycles. The summed E-state index contributed by atoms with van der Waals surface area (Å²) in [6.07, 6.45) is 2.80. The van der Waals surface area contributed by atoms with Crippen LogP contribution in [-0.4, -0.2) is 43.4 Å². The Hall–Kier alpha value is -2.03. The minimum Gasteiger partial charge on any atom is -0.459 e. The lowest BCUT2D eigenvalue weighted by Crippen LogP contribution is -2.51. The Balaban J connectivity index is 0.00000225. The number of guanidine groups is 1. The molecular weight excluding hydrogens is 467 g/mol. The van der Waals surface area contributed by atoms with Crippen molar-refractivity contribution in [3.8, 4) is 11.3 Å². The van der Waals surface area contributed by atoms with Crippen LogP contribution < -0.4 is 10.6 Å². The smallest absolute Gasteiger partial charge is 0.220 e. The molecule has 0 saturated carbocycles. The zero-order valence-corrected chi connectivity index (χ0v) is 18.4. The minimum atomic E-state index is 0. The Morgan fingerprint density at radius 3 is 2.82 bits per heavy atom. The third kappa shape index (κ3) is 4.51. The lowest BCUT2D eigenvalue weighted by Gasteiger charge is -2.40. The standard InChI is InChI=1S/C21H26N4O2.HI/c1-22-20(25-11-5-10-21(15-25)12-19(26)24-14-21)23-13-17-8-9-18(27-17)16-6-3-2-4-7-16;/h2-4,6-9H,5,10-15H2,1H3,(H,22,23)(H,24,26);1H. The Bertz CT molecular complexity index is 836. The molecule has 2 fully saturated rings. The second-order valence-corrected chi connectivity index (χ2v) is 7.51. The molecule has 1 unspecified atom stereocenters. The summed E-state index contributed by atoms with van der Waals surface area (Å²) in [5, 5.41) is 6.41. The van der Waals surface area contributed by atoms with E-state index >= 15 is 0 Å². The van der Waals surface area contributed by atoms with Gasteiger partial charge in [0, 0.05) is 44.1 Å². The third-order valence-electron chi connectivity index (χ3n) is 5.51. The van der Waals surface area contributed by atoms with Gasteiger partial charge in [-0.15, -0.1) is 24.0 Å². The maximum absolute atomic E-state index is 11.7. The quantitative estimate of drug-likeness (QED) is 0.391. The number of carbonyl (C=O) groups is 1. The average Bonchev–Trinajstić information content (AvgIpc) is 3.30. The molecule has 1 amide bonds. The Kier molecular flexibility index (Phi) is 6.64. The highest BCUT2D eigenvalue weighted by atomic mass is 127. The number of halogens is 1. The molecule has 2 saturated heterocycles. The first kappa shape index (κ1) is 20.7. The molecule has 7 heteroatoms.